The van der Waals surface area contributed by atoms with E-state index in [2.05, 4.69) is 9.64 Å². The van der Waals surface area contributed by atoms with Gasteiger partial charge in [0.2, 0.25) is 0 Å². The molecule has 4 nitrogen and oxygen atoms in total. The molecule has 2 atom stereocenters. The van der Waals surface area contributed by atoms with Crippen LogP contribution in [0.25, 0.3) is 0 Å². The topological polar surface area (TPSA) is 52.9 Å². The highest BCUT2D eigenvalue weighted by Crippen LogP contribution is 2.35. The third-order valence-electron chi connectivity index (χ3n) is 4.57. The smallest absolute Gasteiger partial charge is 0.406 e. The largest absolute Gasteiger partial charge is 0.573 e. The van der Waals surface area contributed by atoms with Gasteiger partial charge in [0, 0.05) is 25.0 Å². The Morgan fingerprint density at radius 1 is 1.38 bits per heavy atom. The summed E-state index contributed by atoms with van der Waals surface area (Å²) in [5, 5.41) is 20.0. The monoisotopic (exact) mass is 347 g/mol. The maximum absolute atomic E-state index is 12.3. The summed E-state index contributed by atoms with van der Waals surface area (Å²) in [4.78, 5) is 2.06. The van der Waals surface area contributed by atoms with Crippen LogP contribution in [0.1, 0.15) is 31.7 Å². The van der Waals surface area contributed by atoms with E-state index >= 15 is 0 Å². The standard InChI is InChI=1S/C17H24F3NO3/c1-2-7-16(12-22)11-21(8-6-15(16)23)10-13-4-3-5-14(9-13)24-17(18,19)20/h3-5,9,15,22-23H,2,6-8,10-12H2,1H3/t15-,16-/m0/s1. The van der Waals surface area contributed by atoms with Gasteiger partial charge in [0.1, 0.15) is 5.75 Å². The number of halogens is 3. The molecule has 2 N–H and O–H groups in total. The molecule has 1 aromatic carbocycles. The Hall–Kier alpha value is -1.31. The summed E-state index contributed by atoms with van der Waals surface area (Å²) < 4.78 is 40.9. The van der Waals surface area contributed by atoms with Gasteiger partial charge in [-0.05, 0) is 30.5 Å². The lowest BCUT2D eigenvalue weighted by Gasteiger charge is -2.45. The minimum Gasteiger partial charge on any atom is -0.406 e. The lowest BCUT2D eigenvalue weighted by molar-refractivity contribution is -0.274. The molecule has 24 heavy (non-hydrogen) atoms. The van der Waals surface area contributed by atoms with Crippen molar-refractivity contribution in [3.63, 3.8) is 0 Å². The first-order valence-corrected chi connectivity index (χ1v) is 8.14. The highest BCUT2D eigenvalue weighted by molar-refractivity contribution is 5.28. The number of aliphatic hydroxyl groups excluding tert-OH is 2. The molecule has 1 aliphatic heterocycles. The molecule has 0 aromatic heterocycles. The maximum Gasteiger partial charge on any atom is 0.573 e. The average molecular weight is 347 g/mol. The third-order valence-corrected chi connectivity index (χ3v) is 4.57. The van der Waals surface area contributed by atoms with Crippen molar-refractivity contribution < 1.29 is 28.1 Å². The molecule has 1 fully saturated rings. The molecule has 0 aliphatic carbocycles. The van der Waals surface area contributed by atoms with Gasteiger partial charge in [-0.2, -0.15) is 0 Å². The van der Waals surface area contributed by atoms with Crippen LogP contribution in [0, 0.1) is 5.41 Å². The molecule has 0 amide bonds. The molecule has 0 bridgehead atoms. The second kappa shape index (κ2) is 7.72. The third kappa shape index (κ3) is 4.84. The van der Waals surface area contributed by atoms with Gasteiger partial charge in [-0.15, -0.1) is 13.2 Å². The number of alkyl halides is 3. The van der Waals surface area contributed by atoms with Gasteiger partial charge in [-0.1, -0.05) is 25.5 Å². The second-order valence-electron chi connectivity index (χ2n) is 6.48. The Balaban J connectivity index is 2.07. The van der Waals surface area contributed by atoms with Crippen molar-refractivity contribution in [3.8, 4) is 5.75 Å². The molecule has 1 saturated heterocycles. The minimum absolute atomic E-state index is 0.101. The summed E-state index contributed by atoms with van der Waals surface area (Å²) in [5.74, 6) is -0.237. The highest BCUT2D eigenvalue weighted by Gasteiger charge is 2.41. The predicted octanol–water partition coefficient (Wildman–Crippen LogP) is 2.93. The molecule has 1 aromatic rings. The van der Waals surface area contributed by atoms with Crippen molar-refractivity contribution in [1.82, 2.24) is 4.90 Å². The van der Waals surface area contributed by atoms with Crippen molar-refractivity contribution in [1.29, 1.82) is 0 Å². The minimum atomic E-state index is -4.71. The van der Waals surface area contributed by atoms with Gasteiger partial charge < -0.3 is 14.9 Å². The number of hydrogen-bond acceptors (Lipinski definition) is 4. The van der Waals surface area contributed by atoms with Gasteiger partial charge in [0.05, 0.1) is 12.7 Å². The van der Waals surface area contributed by atoms with Crippen LogP contribution in [0.4, 0.5) is 13.2 Å². The molecule has 136 valence electrons. The Kier molecular flexibility index (Phi) is 6.11. The summed E-state index contributed by atoms with van der Waals surface area (Å²) in [6, 6.07) is 5.92. The molecule has 7 heteroatoms. The SMILES string of the molecule is CCC[C@@]1(CO)CN(Cc2cccc(OC(F)(F)F)c2)CC[C@@H]1O. The Bertz CT molecular complexity index is 538. The van der Waals surface area contributed by atoms with E-state index in [1.54, 1.807) is 6.07 Å². The number of ether oxygens (including phenoxy) is 1. The van der Waals surface area contributed by atoms with Gasteiger partial charge in [-0.25, -0.2) is 0 Å². The number of aliphatic hydroxyl groups is 2. The fourth-order valence-electron chi connectivity index (χ4n) is 3.45. The zero-order chi connectivity index (χ0) is 17.8. The average Bonchev–Trinajstić information content (AvgIpc) is 2.49. The molecule has 0 spiro atoms. The number of likely N-dealkylation sites (tertiary alicyclic amines) is 1. The summed E-state index contributed by atoms with van der Waals surface area (Å²) >= 11 is 0. The van der Waals surface area contributed by atoms with Gasteiger partial charge in [-0.3, -0.25) is 4.90 Å². The molecule has 0 unspecified atom stereocenters. The summed E-state index contributed by atoms with van der Waals surface area (Å²) in [5.41, 5.74) is 0.143. The number of piperidine rings is 1. The first kappa shape index (κ1) is 19.0. The summed E-state index contributed by atoms with van der Waals surface area (Å²) in [6.45, 7) is 3.50. The van der Waals surface area contributed by atoms with Crippen LogP contribution < -0.4 is 4.74 Å². The van der Waals surface area contributed by atoms with E-state index < -0.39 is 17.9 Å². The Labute approximate surface area is 139 Å². The van der Waals surface area contributed by atoms with E-state index in [9.17, 15) is 23.4 Å². The molecular weight excluding hydrogens is 323 g/mol. The van der Waals surface area contributed by atoms with Crippen LogP contribution in [0.3, 0.4) is 0 Å². The van der Waals surface area contributed by atoms with E-state index in [-0.39, 0.29) is 12.4 Å². The van der Waals surface area contributed by atoms with Crippen LogP contribution >= 0.6 is 0 Å². The lowest BCUT2D eigenvalue weighted by Crippen LogP contribution is -2.53. The Morgan fingerprint density at radius 3 is 2.75 bits per heavy atom. The lowest BCUT2D eigenvalue weighted by atomic mass is 9.74. The van der Waals surface area contributed by atoms with Crippen molar-refractivity contribution in [3.05, 3.63) is 29.8 Å². The quantitative estimate of drug-likeness (QED) is 0.831. The van der Waals surface area contributed by atoms with Crippen LogP contribution in [0.5, 0.6) is 5.75 Å². The number of benzene rings is 1. The van der Waals surface area contributed by atoms with Crippen molar-refractivity contribution in [2.75, 3.05) is 19.7 Å². The van der Waals surface area contributed by atoms with Crippen molar-refractivity contribution in [2.24, 2.45) is 5.41 Å². The summed E-state index contributed by atoms with van der Waals surface area (Å²) in [6.07, 6.45) is -3.17. The molecule has 1 heterocycles. The van der Waals surface area contributed by atoms with Crippen LogP contribution in [-0.2, 0) is 6.54 Å². The zero-order valence-corrected chi connectivity index (χ0v) is 13.7. The van der Waals surface area contributed by atoms with Crippen LogP contribution in [-0.4, -0.2) is 47.3 Å². The number of hydrogen-bond donors (Lipinski definition) is 2. The van der Waals surface area contributed by atoms with Crippen molar-refractivity contribution in [2.45, 2.75) is 45.2 Å². The molecule has 1 aliphatic rings. The normalized spacial score (nSPS) is 25.7. The molecule has 0 radical (unpaired) electrons. The van der Waals surface area contributed by atoms with Gasteiger partial charge >= 0.3 is 6.36 Å². The highest BCUT2D eigenvalue weighted by atomic mass is 19.4. The van der Waals surface area contributed by atoms with E-state index in [4.69, 9.17) is 0 Å². The van der Waals surface area contributed by atoms with Crippen LogP contribution in [0.2, 0.25) is 0 Å². The van der Waals surface area contributed by atoms with E-state index in [0.717, 1.165) is 6.42 Å². The fraction of sp³-hybridized carbons (Fsp3) is 0.647. The Morgan fingerprint density at radius 2 is 2.12 bits per heavy atom. The maximum atomic E-state index is 12.3. The number of nitrogens with zero attached hydrogens (tertiary/aromatic N) is 1. The zero-order valence-electron chi connectivity index (χ0n) is 13.7. The fourth-order valence-corrected chi connectivity index (χ4v) is 3.45. The van der Waals surface area contributed by atoms with E-state index in [0.29, 0.717) is 38.0 Å². The van der Waals surface area contributed by atoms with Gasteiger partial charge in [0.15, 0.2) is 0 Å². The molecule has 0 saturated carbocycles. The summed E-state index contributed by atoms with van der Waals surface area (Å²) in [7, 11) is 0. The van der Waals surface area contributed by atoms with E-state index in [1.165, 1.54) is 18.2 Å². The van der Waals surface area contributed by atoms with Crippen molar-refractivity contribution >= 4 is 0 Å². The molecule has 2 rings (SSSR count). The first-order valence-electron chi connectivity index (χ1n) is 8.14. The first-order chi connectivity index (χ1) is 11.3. The van der Waals surface area contributed by atoms with Crippen LogP contribution in [0.15, 0.2) is 24.3 Å². The van der Waals surface area contributed by atoms with E-state index in [1.807, 2.05) is 6.92 Å². The van der Waals surface area contributed by atoms with Gasteiger partial charge in [0.25, 0.3) is 0 Å². The second-order valence-corrected chi connectivity index (χ2v) is 6.48. The molecular formula is C17H24F3NO3. The predicted molar refractivity (Wildman–Crippen MR) is 83.5 cm³/mol. The number of rotatable bonds is 6.